The van der Waals surface area contributed by atoms with Crippen molar-refractivity contribution in [1.29, 1.82) is 0 Å². The Bertz CT molecular complexity index is 905. The number of hydrogen-bond acceptors (Lipinski definition) is 2. The summed E-state index contributed by atoms with van der Waals surface area (Å²) in [6.45, 7) is 11.8. The van der Waals surface area contributed by atoms with Crippen LogP contribution in [0.2, 0.25) is 13.1 Å². The molecular weight excluding hydrogens is 408 g/mol. The molecule has 2 nitrogen and oxygen atoms in total. The molecule has 0 spiro atoms. The van der Waals surface area contributed by atoms with Gasteiger partial charge >= 0.3 is 0 Å². The number of hydrogen-bond donors (Lipinski definition) is 0. The molecule has 0 N–H and O–H groups in total. The Hall–Kier alpha value is -1.19. The molecule has 32 heavy (non-hydrogen) atoms. The molecule has 0 aliphatic heterocycles. The van der Waals surface area contributed by atoms with Gasteiger partial charge in [0.1, 0.15) is 5.78 Å². The Kier molecular flexibility index (Phi) is 5.61. The molecule has 1 aromatic rings. The number of Topliss-reactive ketones (excluding diaryl/α,β-unsaturated/α-hetero) is 1. The fourth-order valence-corrected chi connectivity index (χ4v) is 10.9. The first-order valence-corrected chi connectivity index (χ1v) is 16.0. The van der Waals surface area contributed by atoms with Crippen LogP contribution in [-0.4, -0.2) is 20.2 Å². The minimum absolute atomic E-state index is 0.179. The second-order valence-corrected chi connectivity index (χ2v) is 16.1. The third-order valence-electron chi connectivity index (χ3n) is 10.5. The average molecular weight is 451 g/mol. The van der Waals surface area contributed by atoms with Crippen LogP contribution < -0.4 is 5.19 Å². The predicted octanol–water partition coefficient (Wildman–Crippen LogP) is 6.65. The summed E-state index contributed by atoms with van der Waals surface area (Å²) in [5.74, 6) is 2.80. The molecule has 0 bridgehead atoms. The van der Waals surface area contributed by atoms with Crippen molar-refractivity contribution in [3.63, 3.8) is 0 Å². The zero-order valence-electron chi connectivity index (χ0n) is 20.8. The van der Waals surface area contributed by atoms with Crippen molar-refractivity contribution in [3.05, 3.63) is 42.0 Å². The fraction of sp³-hybridized carbons (Fsp3) is 0.690. The van der Waals surface area contributed by atoms with Crippen molar-refractivity contribution in [2.45, 2.75) is 91.3 Å². The fourth-order valence-electron chi connectivity index (χ4n) is 8.76. The van der Waals surface area contributed by atoms with Gasteiger partial charge in [0.2, 0.25) is 8.32 Å². The Balaban J connectivity index is 1.35. The summed E-state index contributed by atoms with van der Waals surface area (Å²) >= 11 is 0. The van der Waals surface area contributed by atoms with Crippen molar-refractivity contribution in [2.24, 2.45) is 34.5 Å². The van der Waals surface area contributed by atoms with Crippen LogP contribution in [-0.2, 0) is 9.22 Å². The van der Waals surface area contributed by atoms with E-state index in [2.05, 4.69) is 70.3 Å². The number of benzene rings is 1. The second-order valence-electron chi connectivity index (χ2n) is 12.3. The van der Waals surface area contributed by atoms with E-state index >= 15 is 0 Å². The number of rotatable bonds is 3. The van der Waals surface area contributed by atoms with Crippen LogP contribution in [0.3, 0.4) is 0 Å². The number of carbonyl (C=O) groups excluding carboxylic acids is 1. The first-order valence-electron chi connectivity index (χ1n) is 13.1. The molecule has 1 aromatic carbocycles. The lowest BCUT2D eigenvalue weighted by molar-refractivity contribution is -0.155. The van der Waals surface area contributed by atoms with Crippen LogP contribution in [0.25, 0.3) is 0 Å². The third-order valence-corrected chi connectivity index (χ3v) is 13.2. The molecule has 4 fully saturated rings. The van der Waals surface area contributed by atoms with Crippen molar-refractivity contribution in [3.8, 4) is 0 Å². The SMILES string of the molecule is C/C=C1/CC[C@H]2[C@@H]3CC(=O)[C@H]4C[C@@H](O[Si](C)(C)c5ccccc5)CC[C@]4(C)[C@H]3CC[C@]12C. The molecule has 174 valence electrons. The highest BCUT2D eigenvalue weighted by atomic mass is 28.4. The van der Waals surface area contributed by atoms with Crippen molar-refractivity contribution >= 4 is 19.3 Å². The highest BCUT2D eigenvalue weighted by Gasteiger charge is 2.61. The van der Waals surface area contributed by atoms with Gasteiger partial charge in [0.15, 0.2) is 0 Å². The molecule has 0 amide bonds. The number of carbonyl (C=O) groups is 1. The minimum atomic E-state index is -1.96. The Morgan fingerprint density at radius 3 is 2.50 bits per heavy atom. The highest BCUT2D eigenvalue weighted by Crippen LogP contribution is 2.66. The van der Waals surface area contributed by atoms with Crippen LogP contribution in [0, 0.1) is 34.5 Å². The van der Waals surface area contributed by atoms with Crippen LogP contribution in [0.4, 0.5) is 0 Å². The van der Waals surface area contributed by atoms with E-state index in [4.69, 9.17) is 4.43 Å². The van der Waals surface area contributed by atoms with Gasteiger partial charge in [-0.25, -0.2) is 0 Å². The van der Waals surface area contributed by atoms with E-state index in [1.54, 1.807) is 5.57 Å². The smallest absolute Gasteiger partial charge is 0.218 e. The van der Waals surface area contributed by atoms with Gasteiger partial charge in [-0.3, -0.25) is 4.79 Å². The molecule has 0 radical (unpaired) electrons. The zero-order chi connectivity index (χ0) is 22.7. The lowest BCUT2D eigenvalue weighted by Crippen LogP contribution is -2.58. The minimum Gasteiger partial charge on any atom is -0.410 e. The van der Waals surface area contributed by atoms with E-state index in [0.29, 0.717) is 23.0 Å². The van der Waals surface area contributed by atoms with Crippen LogP contribution in [0.1, 0.15) is 72.1 Å². The number of fused-ring (bicyclic) bond motifs is 5. The molecule has 4 aliphatic carbocycles. The Morgan fingerprint density at radius 2 is 1.78 bits per heavy atom. The maximum Gasteiger partial charge on any atom is 0.218 e. The van der Waals surface area contributed by atoms with Gasteiger partial charge in [-0.15, -0.1) is 0 Å². The second kappa shape index (κ2) is 7.94. The molecular formula is C29H42O2Si. The first kappa shape index (κ1) is 22.6. The highest BCUT2D eigenvalue weighted by molar-refractivity contribution is 6.84. The number of ketones is 1. The predicted molar refractivity (Wildman–Crippen MR) is 134 cm³/mol. The van der Waals surface area contributed by atoms with Gasteiger partial charge in [0, 0.05) is 18.4 Å². The van der Waals surface area contributed by atoms with Crippen LogP contribution in [0.5, 0.6) is 0 Å². The van der Waals surface area contributed by atoms with E-state index in [1.165, 1.54) is 30.9 Å². The molecule has 0 saturated heterocycles. The molecule has 3 heteroatoms. The zero-order valence-corrected chi connectivity index (χ0v) is 21.8. The van der Waals surface area contributed by atoms with Gasteiger partial charge in [-0.1, -0.05) is 55.8 Å². The quantitative estimate of drug-likeness (QED) is 0.380. The molecule has 5 rings (SSSR count). The standard InChI is InChI=1S/C29H42O2Si/c1-6-20-12-13-24-23-19-27(30)26-18-21(31-32(4,5)22-10-8-7-9-11-22)14-16-29(26,3)25(23)15-17-28(20,24)2/h6-11,21,23-26H,12-19H2,1-5H3/b20-6-/t21-,23-,24-,25-,26+,28+,29+/m0/s1. The topological polar surface area (TPSA) is 26.3 Å². The lowest BCUT2D eigenvalue weighted by atomic mass is 9.44. The molecule has 4 saturated carbocycles. The first-order chi connectivity index (χ1) is 15.2. The molecule has 4 aliphatic rings. The number of allylic oxidation sites excluding steroid dienone is 2. The Morgan fingerprint density at radius 1 is 1.03 bits per heavy atom. The van der Waals surface area contributed by atoms with E-state index < -0.39 is 8.32 Å². The van der Waals surface area contributed by atoms with Gasteiger partial charge in [-0.2, -0.15) is 0 Å². The van der Waals surface area contributed by atoms with E-state index in [0.717, 1.165) is 31.6 Å². The van der Waals surface area contributed by atoms with Crippen molar-refractivity contribution in [2.75, 3.05) is 0 Å². The summed E-state index contributed by atoms with van der Waals surface area (Å²) in [4.78, 5) is 13.7. The van der Waals surface area contributed by atoms with E-state index in [1.807, 2.05) is 0 Å². The molecule has 0 unspecified atom stereocenters. The molecule has 7 atom stereocenters. The monoisotopic (exact) mass is 450 g/mol. The lowest BCUT2D eigenvalue weighted by Gasteiger charge is -2.60. The van der Waals surface area contributed by atoms with Gasteiger partial charge < -0.3 is 4.43 Å². The van der Waals surface area contributed by atoms with Crippen LogP contribution in [0.15, 0.2) is 42.0 Å². The summed E-state index contributed by atoms with van der Waals surface area (Å²) in [6, 6.07) is 10.8. The van der Waals surface area contributed by atoms with Crippen molar-refractivity contribution < 1.29 is 9.22 Å². The van der Waals surface area contributed by atoms with Gasteiger partial charge in [-0.05, 0) is 98.7 Å². The molecule has 0 heterocycles. The van der Waals surface area contributed by atoms with E-state index in [-0.39, 0.29) is 17.4 Å². The maximum atomic E-state index is 13.7. The summed E-state index contributed by atoms with van der Waals surface area (Å²) < 4.78 is 6.84. The molecule has 0 aromatic heterocycles. The summed E-state index contributed by atoms with van der Waals surface area (Å²) in [5.41, 5.74) is 2.20. The normalized spacial score (nSPS) is 43.0. The summed E-state index contributed by atoms with van der Waals surface area (Å²) in [5, 5.41) is 1.36. The van der Waals surface area contributed by atoms with Gasteiger partial charge in [0.25, 0.3) is 0 Å². The average Bonchev–Trinajstić information content (AvgIpc) is 3.12. The van der Waals surface area contributed by atoms with E-state index in [9.17, 15) is 4.79 Å². The van der Waals surface area contributed by atoms with Gasteiger partial charge in [0.05, 0.1) is 0 Å². The van der Waals surface area contributed by atoms with Crippen molar-refractivity contribution in [1.82, 2.24) is 0 Å². The van der Waals surface area contributed by atoms with Crippen LogP contribution >= 0.6 is 0 Å². The largest absolute Gasteiger partial charge is 0.410 e. The summed E-state index contributed by atoms with van der Waals surface area (Å²) in [7, 11) is -1.96. The summed E-state index contributed by atoms with van der Waals surface area (Å²) in [6.07, 6.45) is 11.9. The maximum absolute atomic E-state index is 13.7. The Labute approximate surface area is 196 Å². The third kappa shape index (κ3) is 3.41.